The lowest BCUT2D eigenvalue weighted by molar-refractivity contribution is -0.120. The van der Waals surface area contributed by atoms with Gasteiger partial charge in [0.15, 0.2) is 5.13 Å². The molecule has 1 amide bonds. The number of hydrogen-bond donors (Lipinski definition) is 1. The molecule has 1 N–H and O–H groups in total. The first kappa shape index (κ1) is 17.0. The third kappa shape index (κ3) is 4.35. The summed E-state index contributed by atoms with van der Waals surface area (Å²) in [4.78, 5) is 16.9. The average Bonchev–Trinajstić information content (AvgIpc) is 3.09. The van der Waals surface area contributed by atoms with Gasteiger partial charge in [0.1, 0.15) is 5.75 Å². The molecular formula is C19H24N2O2S. The van der Waals surface area contributed by atoms with Gasteiger partial charge in [-0.15, -0.1) is 11.3 Å². The number of nitrogens with one attached hydrogen (secondary N) is 1. The number of carbonyl (C=O) groups excluding carboxylic acids is 1. The van der Waals surface area contributed by atoms with Crippen LogP contribution in [0, 0.1) is 5.92 Å². The van der Waals surface area contributed by atoms with E-state index in [1.165, 1.54) is 17.8 Å². The highest BCUT2D eigenvalue weighted by atomic mass is 32.1. The number of ether oxygens (including phenoxy) is 1. The van der Waals surface area contributed by atoms with E-state index in [1.54, 1.807) is 0 Å². The number of thiazole rings is 1. The van der Waals surface area contributed by atoms with E-state index in [2.05, 4.69) is 17.2 Å². The Kier molecular flexibility index (Phi) is 5.86. The van der Waals surface area contributed by atoms with Crippen LogP contribution in [-0.2, 0) is 4.79 Å². The van der Waals surface area contributed by atoms with Crippen molar-refractivity contribution in [2.75, 3.05) is 11.9 Å². The number of amides is 1. The van der Waals surface area contributed by atoms with Crippen molar-refractivity contribution in [3.63, 3.8) is 0 Å². The van der Waals surface area contributed by atoms with Gasteiger partial charge in [0, 0.05) is 16.9 Å². The lowest BCUT2D eigenvalue weighted by Crippen LogP contribution is -2.24. The number of aromatic nitrogens is 1. The van der Waals surface area contributed by atoms with Crippen molar-refractivity contribution in [1.29, 1.82) is 0 Å². The van der Waals surface area contributed by atoms with Crippen molar-refractivity contribution < 1.29 is 9.53 Å². The molecule has 1 fully saturated rings. The van der Waals surface area contributed by atoms with E-state index in [4.69, 9.17) is 4.74 Å². The lowest BCUT2D eigenvalue weighted by atomic mass is 9.89. The van der Waals surface area contributed by atoms with Gasteiger partial charge in [-0.05, 0) is 43.5 Å². The molecule has 0 atom stereocenters. The Balaban J connectivity index is 1.61. The minimum absolute atomic E-state index is 0.124. The summed E-state index contributed by atoms with van der Waals surface area (Å²) in [5, 5.41) is 5.66. The van der Waals surface area contributed by atoms with E-state index in [-0.39, 0.29) is 11.8 Å². The Hall–Kier alpha value is -1.88. The summed E-state index contributed by atoms with van der Waals surface area (Å²) in [5.74, 6) is 1.15. The van der Waals surface area contributed by atoms with E-state index >= 15 is 0 Å². The van der Waals surface area contributed by atoms with Crippen molar-refractivity contribution in [2.24, 2.45) is 5.92 Å². The minimum Gasteiger partial charge on any atom is -0.494 e. The first-order chi connectivity index (χ1) is 11.8. The molecule has 1 aliphatic rings. The zero-order chi connectivity index (χ0) is 16.8. The summed E-state index contributed by atoms with van der Waals surface area (Å²) >= 11 is 1.48. The maximum absolute atomic E-state index is 12.3. The molecule has 0 radical (unpaired) electrons. The first-order valence-corrected chi connectivity index (χ1v) is 9.64. The zero-order valence-electron chi connectivity index (χ0n) is 14.1. The summed E-state index contributed by atoms with van der Waals surface area (Å²) in [7, 11) is 0. The Labute approximate surface area is 147 Å². The van der Waals surface area contributed by atoms with Crippen molar-refractivity contribution in [3.8, 4) is 17.0 Å². The highest BCUT2D eigenvalue weighted by Gasteiger charge is 2.21. The molecule has 0 aliphatic heterocycles. The fourth-order valence-electron chi connectivity index (χ4n) is 2.98. The fraction of sp³-hybridized carbons (Fsp3) is 0.474. The number of anilines is 1. The van der Waals surface area contributed by atoms with Crippen molar-refractivity contribution in [1.82, 2.24) is 4.98 Å². The molecule has 1 saturated carbocycles. The Morgan fingerprint density at radius 1 is 1.25 bits per heavy atom. The molecule has 0 saturated heterocycles. The molecule has 1 aromatic carbocycles. The van der Waals surface area contributed by atoms with Crippen LogP contribution in [-0.4, -0.2) is 17.5 Å². The quantitative estimate of drug-likeness (QED) is 0.791. The predicted molar refractivity (Wildman–Crippen MR) is 98.5 cm³/mol. The SMILES string of the molecule is CCCOc1ccc(-c2csc(NC(=O)C3CCCCC3)n2)cc1. The van der Waals surface area contributed by atoms with Crippen LogP contribution in [0.1, 0.15) is 45.4 Å². The minimum atomic E-state index is 0.124. The van der Waals surface area contributed by atoms with Gasteiger partial charge in [-0.2, -0.15) is 0 Å². The van der Waals surface area contributed by atoms with Gasteiger partial charge in [-0.25, -0.2) is 4.98 Å². The maximum Gasteiger partial charge on any atom is 0.229 e. The van der Waals surface area contributed by atoms with Crippen LogP contribution in [0.3, 0.4) is 0 Å². The number of rotatable bonds is 6. The summed E-state index contributed by atoms with van der Waals surface area (Å²) in [5.41, 5.74) is 1.93. The second kappa shape index (κ2) is 8.29. The average molecular weight is 344 g/mol. The second-order valence-electron chi connectivity index (χ2n) is 6.23. The number of hydrogen-bond acceptors (Lipinski definition) is 4. The molecule has 3 rings (SSSR count). The summed E-state index contributed by atoms with van der Waals surface area (Å²) < 4.78 is 5.60. The van der Waals surface area contributed by atoms with Gasteiger partial charge in [0.05, 0.1) is 12.3 Å². The summed E-state index contributed by atoms with van der Waals surface area (Å²) in [6.45, 7) is 2.82. The Morgan fingerprint density at radius 3 is 2.71 bits per heavy atom. The van der Waals surface area contributed by atoms with E-state index in [0.29, 0.717) is 5.13 Å². The van der Waals surface area contributed by atoms with Crippen LogP contribution in [0.5, 0.6) is 5.75 Å². The molecule has 1 aliphatic carbocycles. The van der Waals surface area contributed by atoms with Crippen LogP contribution < -0.4 is 10.1 Å². The van der Waals surface area contributed by atoms with E-state index in [9.17, 15) is 4.79 Å². The van der Waals surface area contributed by atoms with Gasteiger partial charge in [0.2, 0.25) is 5.91 Å². The highest BCUT2D eigenvalue weighted by Crippen LogP contribution is 2.29. The number of carbonyl (C=O) groups is 1. The monoisotopic (exact) mass is 344 g/mol. The van der Waals surface area contributed by atoms with Crippen LogP contribution in [0.4, 0.5) is 5.13 Å². The third-order valence-corrected chi connectivity index (χ3v) is 5.09. The molecule has 4 nitrogen and oxygen atoms in total. The van der Waals surface area contributed by atoms with Crippen LogP contribution >= 0.6 is 11.3 Å². The lowest BCUT2D eigenvalue weighted by Gasteiger charge is -2.19. The van der Waals surface area contributed by atoms with E-state index in [0.717, 1.165) is 55.7 Å². The molecule has 1 heterocycles. The predicted octanol–water partition coefficient (Wildman–Crippen LogP) is 5.12. The third-order valence-electron chi connectivity index (χ3n) is 4.33. The van der Waals surface area contributed by atoms with Crippen molar-refractivity contribution in [3.05, 3.63) is 29.6 Å². The Bertz CT molecular complexity index is 660. The standard InChI is InChI=1S/C19H24N2O2S/c1-2-12-23-16-10-8-14(9-11-16)17-13-24-19(20-17)21-18(22)15-6-4-3-5-7-15/h8-11,13,15H,2-7,12H2,1H3,(H,20,21,22). The van der Waals surface area contributed by atoms with Crippen LogP contribution in [0.25, 0.3) is 11.3 Å². The normalized spacial score (nSPS) is 15.2. The van der Waals surface area contributed by atoms with E-state index in [1.807, 2.05) is 29.6 Å². The number of nitrogens with zero attached hydrogens (tertiary/aromatic N) is 1. The van der Waals surface area contributed by atoms with Gasteiger partial charge in [-0.3, -0.25) is 4.79 Å². The largest absolute Gasteiger partial charge is 0.494 e. The smallest absolute Gasteiger partial charge is 0.229 e. The molecule has 0 bridgehead atoms. The maximum atomic E-state index is 12.3. The van der Waals surface area contributed by atoms with Crippen LogP contribution in [0.2, 0.25) is 0 Å². The molecular weight excluding hydrogens is 320 g/mol. The number of benzene rings is 1. The van der Waals surface area contributed by atoms with Gasteiger partial charge in [0.25, 0.3) is 0 Å². The first-order valence-electron chi connectivity index (χ1n) is 8.76. The Morgan fingerprint density at radius 2 is 2.00 bits per heavy atom. The zero-order valence-corrected chi connectivity index (χ0v) is 14.9. The molecule has 1 aromatic heterocycles. The molecule has 0 spiro atoms. The highest BCUT2D eigenvalue weighted by molar-refractivity contribution is 7.14. The second-order valence-corrected chi connectivity index (χ2v) is 7.09. The van der Waals surface area contributed by atoms with E-state index < -0.39 is 0 Å². The summed E-state index contributed by atoms with van der Waals surface area (Å²) in [6.07, 6.45) is 6.58. The van der Waals surface area contributed by atoms with Crippen molar-refractivity contribution in [2.45, 2.75) is 45.4 Å². The summed E-state index contributed by atoms with van der Waals surface area (Å²) in [6, 6.07) is 7.94. The van der Waals surface area contributed by atoms with Gasteiger partial charge >= 0.3 is 0 Å². The van der Waals surface area contributed by atoms with Crippen LogP contribution in [0.15, 0.2) is 29.6 Å². The fourth-order valence-corrected chi connectivity index (χ4v) is 3.70. The van der Waals surface area contributed by atoms with Gasteiger partial charge < -0.3 is 10.1 Å². The molecule has 2 aromatic rings. The topological polar surface area (TPSA) is 51.2 Å². The molecule has 5 heteroatoms. The van der Waals surface area contributed by atoms with Crippen molar-refractivity contribution >= 4 is 22.4 Å². The molecule has 24 heavy (non-hydrogen) atoms. The molecule has 128 valence electrons. The van der Waals surface area contributed by atoms with Gasteiger partial charge in [-0.1, -0.05) is 26.2 Å². The molecule has 0 unspecified atom stereocenters.